The first-order valence-electron chi connectivity index (χ1n) is 6.46. The van der Waals surface area contributed by atoms with Crippen molar-refractivity contribution in [2.45, 2.75) is 37.1 Å². The third kappa shape index (κ3) is 2.71. The van der Waals surface area contributed by atoms with Crippen molar-refractivity contribution >= 4 is 33.3 Å². The molecule has 0 saturated heterocycles. The van der Waals surface area contributed by atoms with Crippen molar-refractivity contribution < 1.29 is 0 Å². The molecule has 1 aromatic heterocycles. The van der Waals surface area contributed by atoms with E-state index in [2.05, 4.69) is 40.8 Å². The van der Waals surface area contributed by atoms with Gasteiger partial charge in [0, 0.05) is 17.8 Å². The summed E-state index contributed by atoms with van der Waals surface area (Å²) in [4.78, 5) is 4.66. The van der Waals surface area contributed by atoms with Crippen LogP contribution in [-0.2, 0) is 6.54 Å². The van der Waals surface area contributed by atoms with E-state index in [-0.39, 0.29) is 0 Å². The van der Waals surface area contributed by atoms with Crippen LogP contribution in [0.1, 0.15) is 24.3 Å². The van der Waals surface area contributed by atoms with Gasteiger partial charge < -0.3 is 5.32 Å². The van der Waals surface area contributed by atoms with Crippen LogP contribution in [0.15, 0.2) is 24.3 Å². The number of aromatic nitrogens is 1. The zero-order valence-corrected chi connectivity index (χ0v) is 12.2. The largest absolute Gasteiger partial charge is 0.308 e. The molecule has 0 amide bonds. The monoisotopic (exact) mass is 278 g/mol. The van der Waals surface area contributed by atoms with Crippen LogP contribution in [0.2, 0.25) is 0 Å². The highest BCUT2D eigenvalue weighted by atomic mass is 32.2. The normalized spacial score (nSPS) is 23.8. The summed E-state index contributed by atoms with van der Waals surface area (Å²) in [6, 6.07) is 9.07. The Balaban J connectivity index is 1.60. The average molecular weight is 278 g/mol. The quantitative estimate of drug-likeness (QED) is 0.923. The van der Waals surface area contributed by atoms with Gasteiger partial charge in [0.2, 0.25) is 0 Å². The van der Waals surface area contributed by atoms with E-state index in [1.54, 1.807) is 0 Å². The number of hydrogen-bond acceptors (Lipinski definition) is 4. The van der Waals surface area contributed by atoms with Crippen molar-refractivity contribution in [3.05, 3.63) is 29.3 Å². The first-order chi connectivity index (χ1) is 8.85. The smallest absolute Gasteiger partial charge is 0.108 e. The van der Waals surface area contributed by atoms with Crippen molar-refractivity contribution in [2.24, 2.45) is 0 Å². The van der Waals surface area contributed by atoms with Gasteiger partial charge in [0.25, 0.3) is 0 Å². The van der Waals surface area contributed by atoms with Gasteiger partial charge in [-0.25, -0.2) is 4.98 Å². The van der Waals surface area contributed by atoms with E-state index in [1.807, 2.05) is 23.1 Å². The molecule has 1 aliphatic rings. The lowest BCUT2D eigenvalue weighted by molar-refractivity contribution is 0.524. The number of nitrogens with one attached hydrogen (secondary N) is 1. The van der Waals surface area contributed by atoms with Crippen molar-refractivity contribution in [1.82, 2.24) is 10.3 Å². The molecule has 3 rings (SSSR count). The molecule has 18 heavy (non-hydrogen) atoms. The molecule has 1 aromatic carbocycles. The summed E-state index contributed by atoms with van der Waals surface area (Å²) in [5.41, 5.74) is 1.13. The van der Waals surface area contributed by atoms with E-state index in [9.17, 15) is 0 Å². The second-order valence-corrected chi connectivity index (χ2v) is 7.08. The van der Waals surface area contributed by atoms with Crippen LogP contribution >= 0.6 is 23.1 Å². The molecule has 1 fully saturated rings. The molecule has 1 heterocycles. The lowest BCUT2D eigenvalue weighted by Gasteiger charge is -2.10. The van der Waals surface area contributed by atoms with Gasteiger partial charge in [-0.2, -0.15) is 11.8 Å². The van der Waals surface area contributed by atoms with E-state index < -0.39 is 0 Å². The fourth-order valence-corrected chi connectivity index (χ4v) is 4.28. The molecule has 96 valence electrons. The maximum atomic E-state index is 4.66. The lowest BCUT2D eigenvalue weighted by Crippen LogP contribution is -2.26. The Labute approximate surface area is 116 Å². The number of fused-ring (bicyclic) bond motifs is 1. The summed E-state index contributed by atoms with van der Waals surface area (Å²) in [6.45, 7) is 0.922. The molecule has 0 radical (unpaired) electrons. The number of thioether (sulfide) groups is 1. The molecule has 4 heteroatoms. The van der Waals surface area contributed by atoms with E-state index in [0.717, 1.165) is 17.3 Å². The molecule has 2 nitrogen and oxygen atoms in total. The number of nitrogens with zero attached hydrogens (tertiary/aromatic N) is 1. The van der Waals surface area contributed by atoms with Gasteiger partial charge >= 0.3 is 0 Å². The average Bonchev–Trinajstić information content (AvgIpc) is 3.02. The van der Waals surface area contributed by atoms with Gasteiger partial charge in [0.15, 0.2) is 0 Å². The molecule has 0 aliphatic heterocycles. The number of rotatable bonds is 4. The molecule has 2 atom stereocenters. The molecule has 1 N–H and O–H groups in total. The Morgan fingerprint density at radius 2 is 2.28 bits per heavy atom. The highest BCUT2D eigenvalue weighted by Crippen LogP contribution is 2.28. The summed E-state index contributed by atoms with van der Waals surface area (Å²) in [5.74, 6) is 0. The van der Waals surface area contributed by atoms with Crippen LogP contribution in [0.25, 0.3) is 10.2 Å². The van der Waals surface area contributed by atoms with Crippen LogP contribution < -0.4 is 5.32 Å². The maximum Gasteiger partial charge on any atom is 0.108 e. The predicted molar refractivity (Wildman–Crippen MR) is 81.4 cm³/mol. The van der Waals surface area contributed by atoms with Gasteiger partial charge in [-0.3, -0.25) is 0 Å². The van der Waals surface area contributed by atoms with E-state index in [0.29, 0.717) is 6.04 Å². The Kier molecular flexibility index (Phi) is 3.87. The fourth-order valence-electron chi connectivity index (χ4n) is 2.57. The van der Waals surface area contributed by atoms with E-state index in [4.69, 9.17) is 0 Å². The number of hydrogen-bond donors (Lipinski definition) is 1. The standard InChI is InChI=1S/C14H18N2S2/c1-17-11-7-6-10(8-11)15-9-14-16-12-4-2-3-5-13(12)18-14/h2-5,10-11,15H,6-9H2,1H3. The number of thiazole rings is 1. The predicted octanol–water partition coefficient (Wildman–Crippen LogP) is 3.67. The molecular weight excluding hydrogens is 260 g/mol. The Morgan fingerprint density at radius 3 is 3.06 bits per heavy atom. The van der Waals surface area contributed by atoms with Gasteiger partial charge in [0.1, 0.15) is 5.01 Å². The van der Waals surface area contributed by atoms with Crippen LogP contribution in [-0.4, -0.2) is 22.5 Å². The van der Waals surface area contributed by atoms with Gasteiger partial charge in [-0.1, -0.05) is 12.1 Å². The van der Waals surface area contributed by atoms with Crippen LogP contribution in [0, 0.1) is 0 Å². The van der Waals surface area contributed by atoms with E-state index in [1.165, 1.54) is 29.0 Å². The third-order valence-electron chi connectivity index (χ3n) is 3.60. The fraction of sp³-hybridized carbons (Fsp3) is 0.500. The summed E-state index contributed by atoms with van der Waals surface area (Å²) in [7, 11) is 0. The number of benzene rings is 1. The summed E-state index contributed by atoms with van der Waals surface area (Å²) >= 11 is 3.82. The van der Waals surface area contributed by atoms with Crippen molar-refractivity contribution in [2.75, 3.05) is 6.26 Å². The molecular formula is C14H18N2S2. The Hall–Kier alpha value is -0.580. The minimum absolute atomic E-state index is 0.689. The summed E-state index contributed by atoms with van der Waals surface area (Å²) < 4.78 is 1.29. The summed E-state index contributed by atoms with van der Waals surface area (Å²) in [6.07, 6.45) is 6.21. The minimum atomic E-state index is 0.689. The lowest BCUT2D eigenvalue weighted by atomic mass is 10.2. The van der Waals surface area contributed by atoms with Crippen LogP contribution in [0.5, 0.6) is 0 Å². The summed E-state index contributed by atoms with van der Waals surface area (Å²) in [5, 5.41) is 5.73. The van der Waals surface area contributed by atoms with Crippen molar-refractivity contribution in [1.29, 1.82) is 0 Å². The first kappa shape index (κ1) is 12.5. The SMILES string of the molecule is CSC1CCC(NCc2nc3ccccc3s2)C1. The Bertz CT molecular complexity index is 490. The van der Waals surface area contributed by atoms with Crippen molar-refractivity contribution in [3.63, 3.8) is 0 Å². The van der Waals surface area contributed by atoms with Crippen LogP contribution in [0.3, 0.4) is 0 Å². The Morgan fingerprint density at radius 1 is 1.39 bits per heavy atom. The topological polar surface area (TPSA) is 24.9 Å². The molecule has 2 unspecified atom stereocenters. The van der Waals surface area contributed by atoms with Crippen LogP contribution in [0.4, 0.5) is 0 Å². The zero-order valence-electron chi connectivity index (χ0n) is 10.6. The number of para-hydroxylation sites is 1. The van der Waals surface area contributed by atoms with Gasteiger partial charge in [-0.05, 0) is 37.7 Å². The van der Waals surface area contributed by atoms with E-state index >= 15 is 0 Å². The molecule has 0 spiro atoms. The molecule has 2 aromatic rings. The zero-order chi connectivity index (χ0) is 12.4. The molecule has 0 bridgehead atoms. The molecule has 1 saturated carbocycles. The maximum absolute atomic E-state index is 4.66. The van der Waals surface area contributed by atoms with Crippen molar-refractivity contribution in [3.8, 4) is 0 Å². The second kappa shape index (κ2) is 5.59. The first-order valence-corrected chi connectivity index (χ1v) is 8.56. The highest BCUT2D eigenvalue weighted by molar-refractivity contribution is 7.99. The third-order valence-corrected chi connectivity index (χ3v) is 5.73. The molecule has 1 aliphatic carbocycles. The highest BCUT2D eigenvalue weighted by Gasteiger charge is 2.23. The second-order valence-electron chi connectivity index (χ2n) is 4.82. The minimum Gasteiger partial charge on any atom is -0.308 e. The van der Waals surface area contributed by atoms with Gasteiger partial charge in [-0.15, -0.1) is 11.3 Å². The van der Waals surface area contributed by atoms with Gasteiger partial charge in [0.05, 0.1) is 10.2 Å².